The van der Waals surface area contributed by atoms with E-state index in [9.17, 15) is 5.26 Å². The van der Waals surface area contributed by atoms with E-state index >= 15 is 0 Å². The Morgan fingerprint density at radius 2 is 1.77 bits per heavy atom. The molecule has 0 bridgehead atoms. The summed E-state index contributed by atoms with van der Waals surface area (Å²) in [7, 11) is 3.30. The molecule has 2 atom stereocenters. The summed E-state index contributed by atoms with van der Waals surface area (Å²) in [5.74, 6) is 2.66. The molecule has 2 N–H and O–H groups in total. The molecule has 31 heavy (non-hydrogen) atoms. The largest absolute Gasteiger partial charge is 0.497 e. The molecule has 0 spiro atoms. The summed E-state index contributed by atoms with van der Waals surface area (Å²) >= 11 is 0. The predicted molar refractivity (Wildman–Crippen MR) is 120 cm³/mol. The molecule has 4 rings (SSSR count). The lowest BCUT2D eigenvalue weighted by atomic mass is 9.74. The van der Waals surface area contributed by atoms with Crippen LogP contribution in [-0.4, -0.2) is 14.2 Å². The number of rotatable bonds is 4. The molecule has 0 amide bonds. The molecule has 0 aromatic heterocycles. The molecular formula is C26H26N2O3. The zero-order chi connectivity index (χ0) is 22.0. The standard InChI is InChI=1S/C26H26N2O3/c1-16-10-19(12-17-6-4-8-20(13-17)29-2)25-22(11-16)24(23(15-27)26(28)31-25)18-7-5-9-21(14-18)30-3/h4-9,12-14,16,24H,10-11,28H2,1-3H3/b19-12+. The molecular weight excluding hydrogens is 388 g/mol. The fourth-order valence-corrected chi connectivity index (χ4v) is 4.44. The molecule has 0 saturated heterocycles. The van der Waals surface area contributed by atoms with Gasteiger partial charge in [-0.1, -0.05) is 31.2 Å². The molecule has 158 valence electrons. The first-order valence-electron chi connectivity index (χ1n) is 10.3. The zero-order valence-corrected chi connectivity index (χ0v) is 18.0. The number of ether oxygens (including phenoxy) is 3. The van der Waals surface area contributed by atoms with Crippen LogP contribution in [0.4, 0.5) is 0 Å². The van der Waals surface area contributed by atoms with Crippen molar-refractivity contribution in [2.75, 3.05) is 14.2 Å². The van der Waals surface area contributed by atoms with Gasteiger partial charge in [0.1, 0.15) is 28.9 Å². The Bertz CT molecular complexity index is 1140. The fraction of sp³-hybridized carbons (Fsp3) is 0.269. The van der Waals surface area contributed by atoms with Crippen molar-refractivity contribution in [2.24, 2.45) is 11.7 Å². The van der Waals surface area contributed by atoms with Crippen LogP contribution in [-0.2, 0) is 4.74 Å². The van der Waals surface area contributed by atoms with E-state index in [0.717, 1.165) is 52.4 Å². The summed E-state index contributed by atoms with van der Waals surface area (Å²) in [6.45, 7) is 2.22. The normalized spacial score (nSPS) is 21.9. The first-order valence-corrected chi connectivity index (χ1v) is 10.3. The van der Waals surface area contributed by atoms with Crippen molar-refractivity contribution in [3.8, 4) is 17.6 Å². The smallest absolute Gasteiger partial charge is 0.205 e. The van der Waals surface area contributed by atoms with Crippen LogP contribution in [0.5, 0.6) is 11.5 Å². The Hall–Kier alpha value is -3.65. The third kappa shape index (κ3) is 4.02. The number of nitrogens with two attached hydrogens (primary N) is 1. The van der Waals surface area contributed by atoms with Crippen LogP contribution in [0, 0.1) is 17.2 Å². The van der Waals surface area contributed by atoms with E-state index in [1.165, 1.54) is 0 Å². The lowest BCUT2D eigenvalue weighted by Gasteiger charge is -2.35. The second kappa shape index (κ2) is 8.61. The third-order valence-electron chi connectivity index (χ3n) is 5.82. The van der Waals surface area contributed by atoms with E-state index in [0.29, 0.717) is 11.5 Å². The number of nitriles is 1. The topological polar surface area (TPSA) is 77.5 Å². The summed E-state index contributed by atoms with van der Waals surface area (Å²) in [5, 5.41) is 9.88. The Balaban J connectivity index is 1.86. The van der Waals surface area contributed by atoms with Crippen LogP contribution < -0.4 is 15.2 Å². The van der Waals surface area contributed by atoms with E-state index in [4.69, 9.17) is 19.9 Å². The molecule has 0 saturated carbocycles. The van der Waals surface area contributed by atoms with Crippen LogP contribution in [0.3, 0.4) is 0 Å². The van der Waals surface area contributed by atoms with Gasteiger partial charge in [0, 0.05) is 5.92 Å². The number of methoxy groups -OCH3 is 2. The van der Waals surface area contributed by atoms with E-state index in [1.54, 1.807) is 14.2 Å². The molecule has 2 aromatic rings. The van der Waals surface area contributed by atoms with Crippen LogP contribution in [0.25, 0.3) is 6.08 Å². The maximum atomic E-state index is 9.88. The van der Waals surface area contributed by atoms with Crippen LogP contribution in [0.15, 0.2) is 76.9 Å². The van der Waals surface area contributed by atoms with Crippen LogP contribution >= 0.6 is 0 Å². The highest BCUT2D eigenvalue weighted by molar-refractivity contribution is 5.63. The zero-order valence-electron chi connectivity index (χ0n) is 18.0. The molecule has 0 fully saturated rings. The fourth-order valence-electron chi connectivity index (χ4n) is 4.44. The molecule has 5 heteroatoms. The minimum atomic E-state index is -0.250. The maximum Gasteiger partial charge on any atom is 0.205 e. The minimum absolute atomic E-state index is 0.167. The van der Waals surface area contributed by atoms with Crippen molar-refractivity contribution in [1.29, 1.82) is 5.26 Å². The number of allylic oxidation sites excluding steroid dienone is 3. The number of hydrogen-bond donors (Lipinski definition) is 1. The molecule has 2 aliphatic rings. The lowest BCUT2D eigenvalue weighted by Crippen LogP contribution is -2.26. The van der Waals surface area contributed by atoms with Gasteiger partial charge in [0.25, 0.3) is 0 Å². The predicted octanol–water partition coefficient (Wildman–Crippen LogP) is 5.28. The van der Waals surface area contributed by atoms with Gasteiger partial charge in [-0.15, -0.1) is 0 Å². The molecule has 1 aliphatic heterocycles. The molecule has 1 aliphatic carbocycles. The lowest BCUT2D eigenvalue weighted by molar-refractivity contribution is 0.268. The van der Waals surface area contributed by atoms with Gasteiger partial charge in [0.2, 0.25) is 5.88 Å². The highest BCUT2D eigenvalue weighted by atomic mass is 16.5. The summed E-state index contributed by atoms with van der Waals surface area (Å²) in [5.41, 5.74) is 10.9. The second-order valence-electron chi connectivity index (χ2n) is 8.02. The molecule has 1 heterocycles. The van der Waals surface area contributed by atoms with Crippen molar-refractivity contribution >= 4 is 6.08 Å². The minimum Gasteiger partial charge on any atom is -0.497 e. The van der Waals surface area contributed by atoms with Gasteiger partial charge in [-0.3, -0.25) is 0 Å². The van der Waals surface area contributed by atoms with Crippen molar-refractivity contribution < 1.29 is 14.2 Å². The summed E-state index contributed by atoms with van der Waals surface area (Å²) in [6, 6.07) is 18.0. The van der Waals surface area contributed by atoms with Crippen LogP contribution in [0.1, 0.15) is 36.8 Å². The van der Waals surface area contributed by atoms with Gasteiger partial charge in [-0.05, 0) is 71.4 Å². The first kappa shape index (κ1) is 20.6. The van der Waals surface area contributed by atoms with Crippen LogP contribution in [0.2, 0.25) is 0 Å². The van der Waals surface area contributed by atoms with Crippen molar-refractivity contribution in [2.45, 2.75) is 25.7 Å². The number of hydrogen-bond acceptors (Lipinski definition) is 5. The van der Waals surface area contributed by atoms with Gasteiger partial charge in [-0.2, -0.15) is 5.26 Å². The van der Waals surface area contributed by atoms with Crippen molar-refractivity contribution in [1.82, 2.24) is 0 Å². The summed E-state index contributed by atoms with van der Waals surface area (Å²) < 4.78 is 16.9. The molecule has 2 aromatic carbocycles. The van der Waals surface area contributed by atoms with Gasteiger partial charge < -0.3 is 19.9 Å². The quantitative estimate of drug-likeness (QED) is 0.737. The summed E-state index contributed by atoms with van der Waals surface area (Å²) in [4.78, 5) is 0. The highest BCUT2D eigenvalue weighted by Gasteiger charge is 2.37. The van der Waals surface area contributed by atoms with E-state index in [1.807, 2.05) is 48.5 Å². The summed E-state index contributed by atoms with van der Waals surface area (Å²) in [6.07, 6.45) is 3.84. The van der Waals surface area contributed by atoms with Gasteiger partial charge >= 0.3 is 0 Å². The van der Waals surface area contributed by atoms with E-state index in [-0.39, 0.29) is 11.8 Å². The first-order chi connectivity index (χ1) is 15.0. The third-order valence-corrected chi connectivity index (χ3v) is 5.82. The second-order valence-corrected chi connectivity index (χ2v) is 8.02. The Kier molecular flexibility index (Phi) is 5.73. The highest BCUT2D eigenvalue weighted by Crippen LogP contribution is 2.48. The number of benzene rings is 2. The molecule has 0 radical (unpaired) electrons. The average molecular weight is 415 g/mol. The SMILES string of the molecule is COc1cccc(/C=C2\CC(C)CC3=C2OC(N)=C(C#N)C3c2cccc(OC)c2)c1. The molecule has 2 unspecified atom stereocenters. The number of nitrogens with zero attached hydrogens (tertiary/aromatic N) is 1. The monoisotopic (exact) mass is 414 g/mol. The Morgan fingerprint density at radius 1 is 1.06 bits per heavy atom. The van der Waals surface area contributed by atoms with Gasteiger partial charge in [0.05, 0.1) is 14.2 Å². The van der Waals surface area contributed by atoms with Gasteiger partial charge in [0.15, 0.2) is 0 Å². The van der Waals surface area contributed by atoms with Crippen molar-refractivity contribution in [3.05, 3.63) is 88.0 Å². The van der Waals surface area contributed by atoms with Crippen molar-refractivity contribution in [3.63, 3.8) is 0 Å². The molecule has 5 nitrogen and oxygen atoms in total. The average Bonchev–Trinajstić information content (AvgIpc) is 2.79. The Morgan fingerprint density at radius 3 is 2.48 bits per heavy atom. The maximum absolute atomic E-state index is 9.88. The van der Waals surface area contributed by atoms with E-state index in [2.05, 4.69) is 19.1 Å². The Labute approximate surface area is 183 Å². The van der Waals surface area contributed by atoms with Gasteiger partial charge in [-0.25, -0.2) is 0 Å². The van der Waals surface area contributed by atoms with E-state index < -0.39 is 0 Å².